The van der Waals surface area contributed by atoms with Gasteiger partial charge in [-0.1, -0.05) is 13.8 Å². The number of likely N-dealkylation sites (tertiary alicyclic amines) is 1. The second-order valence-electron chi connectivity index (χ2n) is 5.25. The van der Waals surface area contributed by atoms with Crippen LogP contribution in [0.4, 0.5) is 0 Å². The summed E-state index contributed by atoms with van der Waals surface area (Å²) in [5, 5.41) is 9.47. The van der Waals surface area contributed by atoms with Crippen molar-refractivity contribution in [3.8, 4) is 0 Å². The zero-order valence-electron chi connectivity index (χ0n) is 12.3. The molecule has 0 atom stereocenters. The minimum Gasteiger partial charge on any atom is -0.455 e. The maximum atomic E-state index is 12.3. The van der Waals surface area contributed by atoms with Crippen molar-refractivity contribution in [3.05, 3.63) is 23.7 Å². The largest absolute Gasteiger partial charge is 0.455 e. The Labute approximate surface area is 120 Å². The molecule has 0 radical (unpaired) electrons. The lowest BCUT2D eigenvalue weighted by Gasteiger charge is -2.28. The number of amides is 1. The first-order chi connectivity index (χ1) is 9.63. The van der Waals surface area contributed by atoms with Crippen molar-refractivity contribution in [2.75, 3.05) is 26.2 Å². The summed E-state index contributed by atoms with van der Waals surface area (Å²) >= 11 is 0. The Morgan fingerprint density at radius 3 is 2.60 bits per heavy atom. The number of nitrogens with zero attached hydrogens (tertiary/aromatic N) is 2. The van der Waals surface area contributed by atoms with E-state index in [1.165, 1.54) is 0 Å². The molecule has 0 aromatic carbocycles. The van der Waals surface area contributed by atoms with Gasteiger partial charge in [-0.25, -0.2) is 0 Å². The SMILES string of the molecule is CCN(CC)Cc1ccc(C(=O)N2CCC(O)CC2)o1. The maximum absolute atomic E-state index is 12.3. The van der Waals surface area contributed by atoms with Gasteiger partial charge in [0, 0.05) is 13.1 Å². The van der Waals surface area contributed by atoms with Crippen LogP contribution in [0.15, 0.2) is 16.5 Å². The number of rotatable bonds is 5. The van der Waals surface area contributed by atoms with E-state index in [0.717, 1.165) is 25.4 Å². The van der Waals surface area contributed by atoms with Crippen LogP contribution < -0.4 is 0 Å². The molecule has 1 aliphatic rings. The summed E-state index contributed by atoms with van der Waals surface area (Å²) in [6, 6.07) is 3.64. The lowest BCUT2D eigenvalue weighted by atomic mass is 10.1. The van der Waals surface area contributed by atoms with Gasteiger partial charge in [0.05, 0.1) is 12.6 Å². The molecule has 0 aliphatic carbocycles. The zero-order valence-corrected chi connectivity index (χ0v) is 12.3. The van der Waals surface area contributed by atoms with Crippen molar-refractivity contribution in [1.82, 2.24) is 9.80 Å². The topological polar surface area (TPSA) is 56.9 Å². The fourth-order valence-electron chi connectivity index (χ4n) is 2.47. The van der Waals surface area contributed by atoms with Gasteiger partial charge in [-0.05, 0) is 38.1 Å². The highest BCUT2D eigenvalue weighted by molar-refractivity contribution is 5.91. The second kappa shape index (κ2) is 6.90. The summed E-state index contributed by atoms with van der Waals surface area (Å²) in [4.78, 5) is 16.3. The third-order valence-corrected chi connectivity index (χ3v) is 3.90. The monoisotopic (exact) mass is 280 g/mol. The molecule has 1 fully saturated rings. The first-order valence-corrected chi connectivity index (χ1v) is 7.42. The van der Waals surface area contributed by atoms with E-state index in [2.05, 4.69) is 18.7 Å². The molecular formula is C15H24N2O3. The van der Waals surface area contributed by atoms with Crippen molar-refractivity contribution >= 4 is 5.91 Å². The number of carbonyl (C=O) groups is 1. The predicted molar refractivity (Wildman–Crippen MR) is 76.5 cm³/mol. The van der Waals surface area contributed by atoms with E-state index < -0.39 is 0 Å². The molecular weight excluding hydrogens is 256 g/mol. The summed E-state index contributed by atoms with van der Waals surface area (Å²) in [7, 11) is 0. The van der Waals surface area contributed by atoms with E-state index in [1.54, 1.807) is 11.0 Å². The Bertz CT molecular complexity index is 432. The summed E-state index contributed by atoms with van der Waals surface area (Å²) in [5.41, 5.74) is 0. The molecule has 1 aromatic heterocycles. The summed E-state index contributed by atoms with van der Waals surface area (Å²) < 4.78 is 5.66. The summed E-state index contributed by atoms with van der Waals surface area (Å²) in [6.45, 7) is 8.08. The van der Waals surface area contributed by atoms with Crippen molar-refractivity contribution in [2.45, 2.75) is 39.3 Å². The van der Waals surface area contributed by atoms with Gasteiger partial charge in [0.25, 0.3) is 5.91 Å². The molecule has 1 aromatic rings. The van der Waals surface area contributed by atoms with E-state index in [4.69, 9.17) is 4.42 Å². The first kappa shape index (κ1) is 15.1. The molecule has 1 aliphatic heterocycles. The fraction of sp³-hybridized carbons (Fsp3) is 0.667. The Hall–Kier alpha value is -1.33. The van der Waals surface area contributed by atoms with Gasteiger partial charge in [0.1, 0.15) is 5.76 Å². The minimum absolute atomic E-state index is 0.0669. The van der Waals surface area contributed by atoms with E-state index >= 15 is 0 Å². The van der Waals surface area contributed by atoms with E-state index in [0.29, 0.717) is 31.7 Å². The lowest BCUT2D eigenvalue weighted by Crippen LogP contribution is -2.39. The van der Waals surface area contributed by atoms with Crippen LogP contribution >= 0.6 is 0 Å². The zero-order chi connectivity index (χ0) is 14.5. The highest BCUT2D eigenvalue weighted by Gasteiger charge is 2.24. The normalized spacial score (nSPS) is 16.9. The molecule has 0 saturated carbocycles. The Morgan fingerprint density at radius 2 is 2.00 bits per heavy atom. The molecule has 5 heteroatoms. The van der Waals surface area contributed by atoms with Gasteiger partial charge in [0.2, 0.25) is 0 Å². The molecule has 1 N–H and O–H groups in total. The van der Waals surface area contributed by atoms with E-state index in [-0.39, 0.29) is 12.0 Å². The van der Waals surface area contributed by atoms with Crippen LogP contribution in [-0.2, 0) is 6.54 Å². The molecule has 0 spiro atoms. The second-order valence-corrected chi connectivity index (χ2v) is 5.25. The average Bonchev–Trinajstić information content (AvgIpc) is 2.93. The van der Waals surface area contributed by atoms with Crippen LogP contribution in [0, 0.1) is 0 Å². The molecule has 2 heterocycles. The molecule has 2 rings (SSSR count). The molecule has 112 valence electrons. The smallest absolute Gasteiger partial charge is 0.289 e. The highest BCUT2D eigenvalue weighted by Crippen LogP contribution is 2.16. The summed E-state index contributed by atoms with van der Waals surface area (Å²) in [5.74, 6) is 1.17. The van der Waals surface area contributed by atoms with Crippen LogP contribution in [0.2, 0.25) is 0 Å². The van der Waals surface area contributed by atoms with Crippen LogP contribution in [0.1, 0.15) is 43.0 Å². The van der Waals surface area contributed by atoms with Gasteiger partial charge in [0.15, 0.2) is 5.76 Å². The molecule has 5 nitrogen and oxygen atoms in total. The minimum atomic E-state index is -0.270. The number of hydrogen-bond acceptors (Lipinski definition) is 4. The Morgan fingerprint density at radius 1 is 1.35 bits per heavy atom. The molecule has 0 bridgehead atoms. The molecule has 20 heavy (non-hydrogen) atoms. The quantitative estimate of drug-likeness (QED) is 0.892. The third-order valence-electron chi connectivity index (χ3n) is 3.90. The number of furan rings is 1. The molecule has 1 saturated heterocycles. The maximum Gasteiger partial charge on any atom is 0.289 e. The standard InChI is InChI=1S/C15H24N2O3/c1-3-16(4-2)11-13-5-6-14(20-13)15(19)17-9-7-12(18)8-10-17/h5-6,12,18H,3-4,7-11H2,1-2H3. The lowest BCUT2D eigenvalue weighted by molar-refractivity contribution is 0.0517. The Balaban J connectivity index is 1.96. The van der Waals surface area contributed by atoms with Gasteiger partial charge < -0.3 is 14.4 Å². The van der Waals surface area contributed by atoms with E-state index in [1.807, 2.05) is 6.07 Å². The number of hydrogen-bond donors (Lipinski definition) is 1. The highest BCUT2D eigenvalue weighted by atomic mass is 16.4. The van der Waals surface area contributed by atoms with Crippen molar-refractivity contribution in [1.29, 1.82) is 0 Å². The van der Waals surface area contributed by atoms with Gasteiger partial charge in [-0.15, -0.1) is 0 Å². The molecule has 0 unspecified atom stereocenters. The van der Waals surface area contributed by atoms with Crippen LogP contribution in [0.25, 0.3) is 0 Å². The number of piperidine rings is 1. The van der Waals surface area contributed by atoms with Gasteiger partial charge in [-0.3, -0.25) is 9.69 Å². The van der Waals surface area contributed by atoms with Crippen LogP contribution in [-0.4, -0.2) is 53.1 Å². The Kier molecular flexibility index (Phi) is 5.20. The average molecular weight is 280 g/mol. The first-order valence-electron chi connectivity index (χ1n) is 7.42. The summed E-state index contributed by atoms with van der Waals surface area (Å²) in [6.07, 6.45) is 1.03. The van der Waals surface area contributed by atoms with Gasteiger partial charge in [-0.2, -0.15) is 0 Å². The predicted octanol–water partition coefficient (Wildman–Crippen LogP) is 1.72. The van der Waals surface area contributed by atoms with Gasteiger partial charge >= 0.3 is 0 Å². The van der Waals surface area contributed by atoms with Crippen LogP contribution in [0.3, 0.4) is 0 Å². The number of carbonyl (C=O) groups excluding carboxylic acids is 1. The molecule has 1 amide bonds. The third kappa shape index (κ3) is 3.61. The van der Waals surface area contributed by atoms with Crippen LogP contribution in [0.5, 0.6) is 0 Å². The number of aliphatic hydroxyl groups is 1. The van der Waals surface area contributed by atoms with Crippen molar-refractivity contribution in [2.24, 2.45) is 0 Å². The van der Waals surface area contributed by atoms with E-state index in [9.17, 15) is 9.90 Å². The van der Waals surface area contributed by atoms with Crippen molar-refractivity contribution < 1.29 is 14.3 Å². The number of aliphatic hydroxyl groups excluding tert-OH is 1. The fourth-order valence-corrected chi connectivity index (χ4v) is 2.47. The van der Waals surface area contributed by atoms with Crippen molar-refractivity contribution in [3.63, 3.8) is 0 Å².